The highest BCUT2D eigenvalue weighted by atomic mass is 16.2. The van der Waals surface area contributed by atoms with Crippen molar-refractivity contribution in [2.24, 2.45) is 13.0 Å². The van der Waals surface area contributed by atoms with Gasteiger partial charge < -0.3 is 9.47 Å². The molecule has 0 bridgehead atoms. The average molecular weight is 416 g/mol. The maximum absolute atomic E-state index is 13.0. The highest BCUT2D eigenvalue weighted by Crippen LogP contribution is 2.27. The van der Waals surface area contributed by atoms with E-state index in [1.165, 1.54) is 0 Å². The third-order valence-electron chi connectivity index (χ3n) is 6.29. The van der Waals surface area contributed by atoms with Gasteiger partial charge >= 0.3 is 0 Å². The number of aryl methyl sites for hydroxylation is 1. The monoisotopic (exact) mass is 415 g/mol. The van der Waals surface area contributed by atoms with E-state index in [0.29, 0.717) is 11.6 Å². The number of nitrogens with one attached hydrogen (secondary N) is 1. The number of nitrogens with zero attached hydrogens (tertiary/aromatic N) is 6. The van der Waals surface area contributed by atoms with Crippen molar-refractivity contribution in [1.29, 1.82) is 0 Å². The summed E-state index contributed by atoms with van der Waals surface area (Å²) in [5.41, 5.74) is 4.28. The maximum atomic E-state index is 13.0. The van der Waals surface area contributed by atoms with Gasteiger partial charge in [-0.05, 0) is 38.2 Å². The summed E-state index contributed by atoms with van der Waals surface area (Å²) < 4.78 is 2.04. The quantitative estimate of drug-likeness (QED) is 0.553. The van der Waals surface area contributed by atoms with E-state index in [1.807, 2.05) is 53.9 Å². The number of imidazole rings is 1. The molecule has 1 aromatic carbocycles. The van der Waals surface area contributed by atoms with Gasteiger partial charge in [-0.3, -0.25) is 19.9 Å². The van der Waals surface area contributed by atoms with Crippen molar-refractivity contribution in [2.45, 2.75) is 26.2 Å². The van der Waals surface area contributed by atoms with Gasteiger partial charge in [-0.25, -0.2) is 4.98 Å². The zero-order chi connectivity index (χ0) is 21.4. The standard InChI is InChI=1S/C23H25N7O/c1-15-26-14-20(29(15)2)22-19(24-9-10-25-22)13-16-7-11-30(12-8-16)23(31)21-17-5-3-4-6-18(17)27-28-21/h3-6,9-10,14,16H,7-8,11-13H2,1-2H3,(H,27,28). The molecule has 158 valence electrons. The number of aromatic amines is 1. The van der Waals surface area contributed by atoms with Gasteiger partial charge in [0.05, 0.1) is 23.1 Å². The lowest BCUT2D eigenvalue weighted by Crippen LogP contribution is -2.39. The van der Waals surface area contributed by atoms with Crippen molar-refractivity contribution in [3.05, 3.63) is 60.1 Å². The third kappa shape index (κ3) is 3.58. The zero-order valence-electron chi connectivity index (χ0n) is 17.7. The number of para-hydroxylation sites is 1. The molecule has 0 saturated carbocycles. The topological polar surface area (TPSA) is 92.6 Å². The zero-order valence-corrected chi connectivity index (χ0v) is 17.7. The number of piperidine rings is 1. The first kappa shape index (κ1) is 19.4. The van der Waals surface area contributed by atoms with Crippen LogP contribution >= 0.6 is 0 Å². The Morgan fingerprint density at radius 3 is 2.68 bits per heavy atom. The summed E-state index contributed by atoms with van der Waals surface area (Å²) >= 11 is 0. The van der Waals surface area contributed by atoms with Crippen molar-refractivity contribution in [3.63, 3.8) is 0 Å². The van der Waals surface area contributed by atoms with Crippen molar-refractivity contribution in [3.8, 4) is 11.4 Å². The number of likely N-dealkylation sites (tertiary alicyclic amines) is 1. The number of fused-ring (bicyclic) bond motifs is 1. The SMILES string of the molecule is Cc1ncc(-c2nccnc2CC2CCN(C(=O)c3n[nH]c4ccccc34)CC2)n1C. The Morgan fingerprint density at radius 1 is 1.13 bits per heavy atom. The van der Waals surface area contributed by atoms with E-state index in [2.05, 4.69) is 25.1 Å². The normalized spacial score (nSPS) is 15.0. The van der Waals surface area contributed by atoms with Crippen LogP contribution in [0.2, 0.25) is 0 Å². The number of aromatic nitrogens is 6. The molecule has 1 aliphatic heterocycles. The second kappa shape index (κ2) is 7.94. The molecule has 0 radical (unpaired) electrons. The smallest absolute Gasteiger partial charge is 0.274 e. The summed E-state index contributed by atoms with van der Waals surface area (Å²) in [6.07, 6.45) is 8.07. The number of carbonyl (C=O) groups excluding carboxylic acids is 1. The Kier molecular flexibility index (Phi) is 4.97. The first-order valence-electron chi connectivity index (χ1n) is 10.6. The van der Waals surface area contributed by atoms with E-state index in [9.17, 15) is 4.79 Å². The molecule has 5 rings (SSSR count). The van der Waals surface area contributed by atoms with Crippen LogP contribution in [0.1, 0.15) is 34.8 Å². The van der Waals surface area contributed by atoms with Crippen LogP contribution in [0, 0.1) is 12.8 Å². The van der Waals surface area contributed by atoms with Crippen molar-refractivity contribution >= 4 is 16.8 Å². The molecule has 1 fully saturated rings. The summed E-state index contributed by atoms with van der Waals surface area (Å²) in [4.78, 5) is 28.6. The molecular formula is C23H25N7O. The van der Waals surface area contributed by atoms with Gasteiger partial charge in [-0.1, -0.05) is 18.2 Å². The van der Waals surface area contributed by atoms with Gasteiger partial charge in [0.25, 0.3) is 5.91 Å². The van der Waals surface area contributed by atoms with Gasteiger partial charge in [-0.2, -0.15) is 5.10 Å². The van der Waals surface area contributed by atoms with E-state index in [4.69, 9.17) is 0 Å². The molecule has 31 heavy (non-hydrogen) atoms. The number of benzene rings is 1. The van der Waals surface area contributed by atoms with E-state index >= 15 is 0 Å². The average Bonchev–Trinajstić information content (AvgIpc) is 3.38. The van der Waals surface area contributed by atoms with Crippen LogP contribution in [-0.4, -0.2) is 53.6 Å². The van der Waals surface area contributed by atoms with Crippen molar-refractivity contribution < 1.29 is 4.79 Å². The van der Waals surface area contributed by atoms with E-state index < -0.39 is 0 Å². The minimum absolute atomic E-state index is 0.00134. The van der Waals surface area contributed by atoms with Gasteiger partial charge in [0, 0.05) is 37.9 Å². The number of hydrogen-bond acceptors (Lipinski definition) is 5. The van der Waals surface area contributed by atoms with Gasteiger partial charge in [-0.15, -0.1) is 0 Å². The highest BCUT2D eigenvalue weighted by Gasteiger charge is 2.27. The Labute approximate surface area is 180 Å². The molecule has 8 heteroatoms. The second-order valence-electron chi connectivity index (χ2n) is 8.16. The molecule has 1 aliphatic rings. The van der Waals surface area contributed by atoms with Crippen LogP contribution in [0.5, 0.6) is 0 Å². The van der Waals surface area contributed by atoms with E-state index in [1.54, 1.807) is 12.4 Å². The first-order chi connectivity index (χ1) is 15.1. The fourth-order valence-electron chi connectivity index (χ4n) is 4.34. The molecule has 4 aromatic rings. The number of rotatable bonds is 4. The van der Waals surface area contributed by atoms with E-state index in [-0.39, 0.29) is 5.91 Å². The highest BCUT2D eigenvalue weighted by molar-refractivity contribution is 6.04. The third-order valence-corrected chi connectivity index (χ3v) is 6.29. The minimum atomic E-state index is 0.00134. The Balaban J connectivity index is 1.28. The minimum Gasteiger partial charge on any atom is -0.337 e. The molecular weight excluding hydrogens is 390 g/mol. The van der Waals surface area contributed by atoms with Crippen LogP contribution in [-0.2, 0) is 13.5 Å². The number of H-pyrrole nitrogens is 1. The molecule has 1 saturated heterocycles. The second-order valence-corrected chi connectivity index (χ2v) is 8.16. The predicted molar refractivity (Wildman–Crippen MR) is 117 cm³/mol. The molecule has 1 amide bonds. The molecule has 8 nitrogen and oxygen atoms in total. The van der Waals surface area contributed by atoms with Gasteiger partial charge in [0.1, 0.15) is 11.5 Å². The summed E-state index contributed by atoms with van der Waals surface area (Å²) in [6.45, 7) is 3.44. The largest absolute Gasteiger partial charge is 0.337 e. The van der Waals surface area contributed by atoms with Crippen LogP contribution in [0.4, 0.5) is 0 Å². The summed E-state index contributed by atoms with van der Waals surface area (Å²) in [5, 5.41) is 8.11. The first-order valence-corrected chi connectivity index (χ1v) is 10.6. The van der Waals surface area contributed by atoms with Crippen molar-refractivity contribution in [2.75, 3.05) is 13.1 Å². The Morgan fingerprint density at radius 2 is 1.90 bits per heavy atom. The predicted octanol–water partition coefficient (Wildman–Crippen LogP) is 3.16. The molecule has 0 atom stereocenters. The number of amides is 1. The van der Waals surface area contributed by atoms with E-state index in [0.717, 1.165) is 66.2 Å². The Hall–Kier alpha value is -3.55. The number of hydrogen-bond donors (Lipinski definition) is 1. The maximum Gasteiger partial charge on any atom is 0.274 e. The summed E-state index contributed by atoms with van der Waals surface area (Å²) in [7, 11) is 2.00. The fourth-order valence-corrected chi connectivity index (χ4v) is 4.34. The lowest BCUT2D eigenvalue weighted by molar-refractivity contribution is 0.0686. The van der Waals surface area contributed by atoms with Crippen LogP contribution in [0.25, 0.3) is 22.3 Å². The van der Waals surface area contributed by atoms with Gasteiger partial charge in [0.2, 0.25) is 0 Å². The lowest BCUT2D eigenvalue weighted by Gasteiger charge is -2.31. The molecule has 0 aliphatic carbocycles. The van der Waals surface area contributed by atoms with Gasteiger partial charge in [0.15, 0.2) is 5.69 Å². The van der Waals surface area contributed by atoms with Crippen LogP contribution in [0.15, 0.2) is 42.9 Å². The summed E-state index contributed by atoms with van der Waals surface area (Å²) in [5.74, 6) is 1.41. The lowest BCUT2D eigenvalue weighted by atomic mass is 9.91. The Bertz CT molecular complexity index is 1230. The number of carbonyl (C=O) groups is 1. The fraction of sp³-hybridized carbons (Fsp3) is 0.348. The molecule has 0 spiro atoms. The van der Waals surface area contributed by atoms with Crippen molar-refractivity contribution in [1.82, 2.24) is 34.6 Å². The van der Waals surface area contributed by atoms with Crippen LogP contribution < -0.4 is 0 Å². The summed E-state index contributed by atoms with van der Waals surface area (Å²) in [6, 6.07) is 7.75. The molecule has 4 heterocycles. The molecule has 3 aromatic heterocycles. The van der Waals surface area contributed by atoms with Crippen LogP contribution in [0.3, 0.4) is 0 Å². The molecule has 1 N–H and O–H groups in total. The molecule has 0 unspecified atom stereocenters.